The van der Waals surface area contributed by atoms with Gasteiger partial charge >= 0.3 is 0 Å². The molecule has 0 aliphatic carbocycles. The number of hydrogen-bond acceptors (Lipinski definition) is 3. The topological polar surface area (TPSA) is 52.7 Å². The monoisotopic (exact) mass is 338 g/mol. The molecule has 25 heavy (non-hydrogen) atoms. The third-order valence-corrected chi connectivity index (χ3v) is 4.79. The van der Waals surface area contributed by atoms with Crippen LogP contribution in [-0.4, -0.2) is 40.8 Å². The summed E-state index contributed by atoms with van der Waals surface area (Å²) in [5, 5.41) is 19.8. The van der Waals surface area contributed by atoms with Gasteiger partial charge in [-0.25, -0.2) is 0 Å². The maximum absolute atomic E-state index is 10.3. The molecule has 0 atom stereocenters. The first-order chi connectivity index (χ1) is 12.0. The van der Waals surface area contributed by atoms with Crippen LogP contribution < -0.4 is 4.74 Å². The van der Waals surface area contributed by atoms with E-state index in [2.05, 4.69) is 30.6 Å². The van der Waals surface area contributed by atoms with E-state index in [9.17, 15) is 10.2 Å². The molecule has 0 unspecified atom stereocenters. The molecule has 2 aromatic rings. The van der Waals surface area contributed by atoms with E-state index >= 15 is 0 Å². The second-order valence-electron chi connectivity index (χ2n) is 6.63. The number of fused-ring (bicyclic) bond motifs is 1. The predicted octanol–water partition coefficient (Wildman–Crippen LogP) is 3.48. The average Bonchev–Trinajstić information content (AvgIpc) is 2.82. The number of methoxy groups -OCH3 is 1. The minimum absolute atomic E-state index is 0.0756. The number of ether oxygens (including phenoxy) is 1. The maximum atomic E-state index is 10.3. The molecule has 130 valence electrons. The number of phenolic OH excluding ortho intramolecular Hbond substituents is 1. The fourth-order valence-electron chi connectivity index (χ4n) is 3.49. The first-order valence-electron chi connectivity index (χ1n) is 8.40. The fraction of sp³-hybridized carbons (Fsp3) is 0.286. The fourth-order valence-corrected chi connectivity index (χ4v) is 3.49. The van der Waals surface area contributed by atoms with Crippen LogP contribution in [0, 0.1) is 0 Å². The second-order valence-corrected chi connectivity index (χ2v) is 6.63. The lowest BCUT2D eigenvalue weighted by molar-refractivity contribution is -0.440. The number of β-amino-alcohol motifs (C(OH)–C–C–N with tert-alkyl or cyclic N) is 1. The van der Waals surface area contributed by atoms with E-state index in [-0.39, 0.29) is 17.8 Å². The van der Waals surface area contributed by atoms with Crippen LogP contribution in [0.3, 0.4) is 0 Å². The molecule has 1 aliphatic rings. The van der Waals surface area contributed by atoms with Gasteiger partial charge in [0.2, 0.25) is 5.69 Å². The zero-order valence-electron chi connectivity index (χ0n) is 14.9. The van der Waals surface area contributed by atoms with Gasteiger partial charge in [-0.3, -0.25) is 0 Å². The SMILES string of the molecule is COc1cccc(/C=C/C2=[N+](CCO)c3ccccc3C2(C)C)c1O. The van der Waals surface area contributed by atoms with Crippen molar-refractivity contribution < 1.29 is 19.5 Å². The molecular weight excluding hydrogens is 314 g/mol. The van der Waals surface area contributed by atoms with Gasteiger partial charge < -0.3 is 14.9 Å². The molecule has 0 amide bonds. The van der Waals surface area contributed by atoms with Crippen molar-refractivity contribution in [2.75, 3.05) is 20.3 Å². The highest BCUT2D eigenvalue weighted by Gasteiger charge is 2.43. The van der Waals surface area contributed by atoms with Crippen molar-refractivity contribution in [1.29, 1.82) is 0 Å². The Balaban J connectivity index is 2.07. The van der Waals surface area contributed by atoms with Crippen molar-refractivity contribution in [1.82, 2.24) is 0 Å². The zero-order chi connectivity index (χ0) is 18.0. The number of para-hydroxylation sites is 2. The first kappa shape index (κ1) is 17.2. The van der Waals surface area contributed by atoms with Gasteiger partial charge in [-0.05, 0) is 26.0 Å². The third-order valence-electron chi connectivity index (χ3n) is 4.79. The van der Waals surface area contributed by atoms with Crippen molar-refractivity contribution in [3.8, 4) is 11.5 Å². The molecule has 2 N–H and O–H groups in total. The van der Waals surface area contributed by atoms with E-state index in [1.165, 1.54) is 12.7 Å². The Labute approximate surface area is 148 Å². The lowest BCUT2D eigenvalue weighted by atomic mass is 9.81. The Morgan fingerprint density at radius 3 is 2.56 bits per heavy atom. The largest absolute Gasteiger partial charge is 0.504 e. The van der Waals surface area contributed by atoms with Crippen LogP contribution in [0.4, 0.5) is 5.69 Å². The number of allylic oxidation sites excluding steroid dienone is 1. The normalized spacial score (nSPS) is 15.7. The Hall–Kier alpha value is -2.59. The number of hydrogen-bond donors (Lipinski definition) is 2. The van der Waals surface area contributed by atoms with E-state index < -0.39 is 0 Å². The summed E-state index contributed by atoms with van der Waals surface area (Å²) in [6, 6.07) is 13.7. The third kappa shape index (κ3) is 2.94. The summed E-state index contributed by atoms with van der Waals surface area (Å²) >= 11 is 0. The molecule has 2 aromatic carbocycles. The highest BCUT2D eigenvalue weighted by Crippen LogP contribution is 2.40. The number of aliphatic hydroxyl groups excluding tert-OH is 1. The molecule has 1 aliphatic heterocycles. The highest BCUT2D eigenvalue weighted by atomic mass is 16.5. The van der Waals surface area contributed by atoms with Gasteiger partial charge in [0, 0.05) is 23.3 Å². The van der Waals surface area contributed by atoms with E-state index in [1.807, 2.05) is 36.4 Å². The van der Waals surface area contributed by atoms with Crippen LogP contribution in [0.2, 0.25) is 0 Å². The molecular formula is C21H24NO3+. The molecule has 1 heterocycles. The van der Waals surface area contributed by atoms with E-state index in [0.717, 1.165) is 11.4 Å². The van der Waals surface area contributed by atoms with Crippen LogP contribution in [0.1, 0.15) is 25.0 Å². The van der Waals surface area contributed by atoms with Gasteiger partial charge in [0.05, 0.1) is 12.5 Å². The number of phenols is 1. The van der Waals surface area contributed by atoms with Crippen LogP contribution >= 0.6 is 0 Å². The number of benzene rings is 2. The lowest BCUT2D eigenvalue weighted by Gasteiger charge is -2.15. The molecule has 4 heteroatoms. The summed E-state index contributed by atoms with van der Waals surface area (Å²) in [6.07, 6.45) is 3.91. The number of nitrogens with zero attached hydrogens (tertiary/aromatic N) is 1. The molecule has 0 fully saturated rings. The van der Waals surface area contributed by atoms with Crippen LogP contribution in [-0.2, 0) is 5.41 Å². The lowest BCUT2D eigenvalue weighted by Crippen LogP contribution is -2.28. The summed E-state index contributed by atoms with van der Waals surface area (Å²) in [6.45, 7) is 4.96. The van der Waals surface area contributed by atoms with E-state index in [1.54, 1.807) is 6.07 Å². The number of rotatable bonds is 5. The average molecular weight is 338 g/mol. The second kappa shape index (κ2) is 6.73. The molecule has 3 rings (SSSR count). The number of aliphatic hydroxyl groups is 1. The van der Waals surface area contributed by atoms with Gasteiger partial charge in [0.1, 0.15) is 6.61 Å². The van der Waals surface area contributed by atoms with Crippen molar-refractivity contribution in [2.24, 2.45) is 0 Å². The smallest absolute Gasteiger partial charge is 0.209 e. The van der Waals surface area contributed by atoms with Crippen molar-refractivity contribution >= 4 is 17.5 Å². The first-order valence-corrected chi connectivity index (χ1v) is 8.40. The number of aromatic hydroxyl groups is 1. The van der Waals surface area contributed by atoms with E-state index in [4.69, 9.17) is 4.74 Å². The molecule has 0 radical (unpaired) electrons. The highest BCUT2D eigenvalue weighted by molar-refractivity contribution is 6.05. The predicted molar refractivity (Wildman–Crippen MR) is 100 cm³/mol. The Kier molecular flexibility index (Phi) is 4.64. The molecule has 0 saturated carbocycles. The van der Waals surface area contributed by atoms with Gasteiger partial charge in [0.15, 0.2) is 23.8 Å². The molecule has 0 saturated heterocycles. The van der Waals surface area contributed by atoms with Crippen molar-refractivity contribution in [2.45, 2.75) is 19.3 Å². The van der Waals surface area contributed by atoms with Gasteiger partial charge in [-0.2, -0.15) is 4.58 Å². The van der Waals surface area contributed by atoms with Gasteiger partial charge in [-0.15, -0.1) is 0 Å². The maximum Gasteiger partial charge on any atom is 0.209 e. The van der Waals surface area contributed by atoms with Gasteiger partial charge in [-0.1, -0.05) is 30.3 Å². The Morgan fingerprint density at radius 1 is 1.08 bits per heavy atom. The minimum atomic E-state index is -0.184. The van der Waals surface area contributed by atoms with Crippen LogP contribution in [0.5, 0.6) is 11.5 Å². The van der Waals surface area contributed by atoms with E-state index in [0.29, 0.717) is 17.9 Å². The van der Waals surface area contributed by atoms with Crippen molar-refractivity contribution in [3.63, 3.8) is 0 Å². The quantitative estimate of drug-likeness (QED) is 0.821. The van der Waals surface area contributed by atoms with Gasteiger partial charge in [0.25, 0.3) is 0 Å². The van der Waals surface area contributed by atoms with Crippen LogP contribution in [0.15, 0.2) is 48.5 Å². The Bertz CT molecular complexity index is 850. The summed E-state index contributed by atoms with van der Waals surface area (Å²) < 4.78 is 7.32. The summed E-state index contributed by atoms with van der Waals surface area (Å²) in [5.74, 6) is 0.581. The van der Waals surface area contributed by atoms with Crippen molar-refractivity contribution in [3.05, 3.63) is 59.7 Å². The molecule has 0 bridgehead atoms. The summed E-state index contributed by atoms with van der Waals surface area (Å²) in [5.41, 5.74) is 3.96. The minimum Gasteiger partial charge on any atom is -0.504 e. The standard InChI is InChI=1S/C21H23NO3/c1-21(2)16-8-4-5-9-17(16)22(13-14-23)19(21)12-11-15-7-6-10-18(25-3)20(15)24/h4-12,23H,13-14H2,1-3H3/p+1. The summed E-state index contributed by atoms with van der Waals surface area (Å²) in [7, 11) is 1.54. The molecule has 0 spiro atoms. The zero-order valence-corrected chi connectivity index (χ0v) is 14.9. The Morgan fingerprint density at radius 2 is 1.84 bits per heavy atom. The van der Waals surface area contributed by atoms with Crippen LogP contribution in [0.25, 0.3) is 6.08 Å². The molecule has 0 aromatic heterocycles. The molecule has 4 nitrogen and oxygen atoms in total. The summed E-state index contributed by atoms with van der Waals surface area (Å²) in [4.78, 5) is 0.